The summed E-state index contributed by atoms with van der Waals surface area (Å²) in [4.78, 5) is 11.0. The van der Waals surface area contributed by atoms with Crippen LogP contribution in [0.3, 0.4) is 0 Å². The van der Waals surface area contributed by atoms with E-state index in [9.17, 15) is 18.3 Å². The molecular formula is C14H20ClNO6S. The topological polar surface area (TPSA) is 102 Å². The van der Waals surface area contributed by atoms with Crippen molar-refractivity contribution in [2.24, 2.45) is 5.92 Å². The van der Waals surface area contributed by atoms with Crippen LogP contribution in [0.4, 0.5) is 0 Å². The van der Waals surface area contributed by atoms with E-state index in [4.69, 9.17) is 21.1 Å². The van der Waals surface area contributed by atoms with Gasteiger partial charge in [0.05, 0.1) is 19.2 Å². The molecule has 0 aliphatic carbocycles. The van der Waals surface area contributed by atoms with E-state index in [0.29, 0.717) is 0 Å². The Morgan fingerprint density at radius 2 is 1.83 bits per heavy atom. The molecule has 0 bridgehead atoms. The normalized spacial score (nSPS) is 13.0. The van der Waals surface area contributed by atoms with Crippen LogP contribution in [0.2, 0.25) is 5.02 Å². The van der Waals surface area contributed by atoms with E-state index in [0.717, 1.165) is 6.07 Å². The van der Waals surface area contributed by atoms with Gasteiger partial charge in [-0.3, -0.25) is 4.79 Å². The summed E-state index contributed by atoms with van der Waals surface area (Å²) in [6, 6.07) is 1.25. The molecule has 0 aliphatic rings. The Balaban J connectivity index is 3.26. The maximum Gasteiger partial charge on any atom is 0.321 e. The Hall–Kier alpha value is -1.51. The van der Waals surface area contributed by atoms with Crippen LogP contribution in [0.5, 0.6) is 11.5 Å². The summed E-state index contributed by atoms with van der Waals surface area (Å²) in [5.74, 6) is -0.993. The molecule has 1 aromatic rings. The van der Waals surface area contributed by atoms with E-state index in [-0.39, 0.29) is 33.8 Å². The van der Waals surface area contributed by atoms with Crippen molar-refractivity contribution < 1.29 is 27.8 Å². The van der Waals surface area contributed by atoms with Crippen LogP contribution in [-0.2, 0) is 14.8 Å². The quantitative estimate of drug-likeness (QED) is 0.731. The number of rotatable bonds is 8. The Kier molecular flexibility index (Phi) is 6.67. The van der Waals surface area contributed by atoms with Gasteiger partial charge in [0, 0.05) is 6.07 Å². The van der Waals surface area contributed by atoms with Gasteiger partial charge in [0.15, 0.2) is 0 Å². The SMILES string of the molecule is COc1cc(OC)c(S(=O)(=O)NC(CC(C)C)C(=O)O)cc1Cl. The van der Waals surface area contributed by atoms with E-state index >= 15 is 0 Å². The molecule has 1 atom stereocenters. The Labute approximate surface area is 140 Å². The second-order valence-electron chi connectivity index (χ2n) is 5.28. The highest BCUT2D eigenvalue weighted by Crippen LogP contribution is 2.35. The van der Waals surface area contributed by atoms with Crippen molar-refractivity contribution in [2.45, 2.75) is 31.2 Å². The molecule has 7 nitrogen and oxygen atoms in total. The van der Waals surface area contributed by atoms with Crippen LogP contribution in [-0.4, -0.2) is 39.8 Å². The molecule has 0 saturated heterocycles. The van der Waals surface area contributed by atoms with Gasteiger partial charge < -0.3 is 14.6 Å². The Morgan fingerprint density at radius 3 is 2.26 bits per heavy atom. The van der Waals surface area contributed by atoms with Crippen molar-refractivity contribution in [1.82, 2.24) is 4.72 Å². The largest absolute Gasteiger partial charge is 0.495 e. The first kappa shape index (κ1) is 19.5. The summed E-state index contributed by atoms with van der Waals surface area (Å²) >= 11 is 5.96. The lowest BCUT2D eigenvalue weighted by atomic mass is 10.1. The van der Waals surface area contributed by atoms with Gasteiger partial charge >= 0.3 is 5.97 Å². The molecular weight excluding hydrogens is 346 g/mol. The molecule has 0 spiro atoms. The first-order valence-electron chi connectivity index (χ1n) is 6.79. The summed E-state index contributed by atoms with van der Waals surface area (Å²) in [6.07, 6.45) is 0.154. The molecule has 1 aromatic carbocycles. The zero-order valence-electron chi connectivity index (χ0n) is 13.3. The molecule has 1 unspecified atom stereocenters. The zero-order valence-corrected chi connectivity index (χ0v) is 14.9. The standard InChI is InChI=1S/C14H20ClNO6S/c1-8(2)5-10(14(17)18)16-23(19,20)13-6-9(15)11(21-3)7-12(13)22-4/h6-8,10,16H,5H2,1-4H3,(H,17,18). The fourth-order valence-electron chi connectivity index (χ4n) is 1.96. The minimum Gasteiger partial charge on any atom is -0.495 e. The zero-order chi connectivity index (χ0) is 17.8. The molecule has 2 N–H and O–H groups in total. The summed E-state index contributed by atoms with van der Waals surface area (Å²) in [6.45, 7) is 3.60. The third kappa shape index (κ3) is 4.98. The number of hydrogen-bond acceptors (Lipinski definition) is 5. The van der Waals surface area contributed by atoms with Gasteiger partial charge in [-0.05, 0) is 18.4 Å². The molecule has 0 fully saturated rings. The lowest BCUT2D eigenvalue weighted by Crippen LogP contribution is -2.41. The lowest BCUT2D eigenvalue weighted by Gasteiger charge is -2.18. The molecule has 0 aliphatic heterocycles. The first-order valence-corrected chi connectivity index (χ1v) is 8.65. The van der Waals surface area contributed by atoms with E-state index in [1.807, 2.05) is 0 Å². The number of ether oxygens (including phenoxy) is 2. The van der Waals surface area contributed by atoms with Gasteiger partial charge in [-0.1, -0.05) is 25.4 Å². The van der Waals surface area contributed by atoms with Crippen LogP contribution in [0.15, 0.2) is 17.0 Å². The van der Waals surface area contributed by atoms with E-state index < -0.39 is 22.0 Å². The smallest absolute Gasteiger partial charge is 0.321 e. The summed E-state index contributed by atoms with van der Waals surface area (Å²) in [7, 11) is -1.45. The average molecular weight is 366 g/mol. The van der Waals surface area contributed by atoms with Crippen LogP contribution in [0, 0.1) is 5.92 Å². The summed E-state index contributed by atoms with van der Waals surface area (Å²) in [5, 5.41) is 9.26. The maximum atomic E-state index is 12.5. The van der Waals surface area contributed by atoms with Gasteiger partial charge in [0.2, 0.25) is 10.0 Å². The first-order chi connectivity index (χ1) is 10.6. The van der Waals surface area contributed by atoms with Gasteiger partial charge in [-0.2, -0.15) is 4.72 Å². The van der Waals surface area contributed by atoms with Crippen molar-refractivity contribution >= 4 is 27.6 Å². The monoisotopic (exact) mass is 365 g/mol. The number of aliphatic carboxylic acids is 1. The van der Waals surface area contributed by atoms with Crippen molar-refractivity contribution in [3.8, 4) is 11.5 Å². The number of halogens is 1. The van der Waals surface area contributed by atoms with E-state index in [1.54, 1.807) is 13.8 Å². The van der Waals surface area contributed by atoms with Crippen LogP contribution in [0.1, 0.15) is 20.3 Å². The molecule has 0 saturated carbocycles. The van der Waals surface area contributed by atoms with Gasteiger partial charge in [-0.15, -0.1) is 0 Å². The van der Waals surface area contributed by atoms with Crippen molar-refractivity contribution in [3.05, 3.63) is 17.2 Å². The predicted molar refractivity (Wildman–Crippen MR) is 85.8 cm³/mol. The van der Waals surface area contributed by atoms with Gasteiger partial charge in [0.1, 0.15) is 22.4 Å². The number of methoxy groups -OCH3 is 2. The van der Waals surface area contributed by atoms with Crippen molar-refractivity contribution in [3.63, 3.8) is 0 Å². The Bertz CT molecular complexity index is 674. The molecule has 23 heavy (non-hydrogen) atoms. The number of nitrogens with one attached hydrogen (secondary N) is 1. The number of carboxylic acids is 1. The number of sulfonamides is 1. The molecule has 0 amide bonds. The van der Waals surface area contributed by atoms with Crippen molar-refractivity contribution in [1.29, 1.82) is 0 Å². The molecule has 9 heteroatoms. The maximum absolute atomic E-state index is 12.5. The molecule has 130 valence electrons. The number of carbonyl (C=O) groups is 1. The van der Waals surface area contributed by atoms with E-state index in [2.05, 4.69) is 4.72 Å². The number of benzene rings is 1. The second kappa shape index (κ2) is 7.85. The van der Waals surface area contributed by atoms with Crippen LogP contribution >= 0.6 is 11.6 Å². The molecule has 0 heterocycles. The molecule has 1 rings (SSSR count). The third-order valence-corrected chi connectivity index (χ3v) is 4.82. The van der Waals surface area contributed by atoms with Gasteiger partial charge in [0.25, 0.3) is 0 Å². The Morgan fingerprint density at radius 1 is 1.26 bits per heavy atom. The summed E-state index contributed by atoms with van der Waals surface area (Å²) < 4.78 is 37.2. The number of carboxylic acid groups (broad SMARTS) is 1. The van der Waals surface area contributed by atoms with Gasteiger partial charge in [-0.25, -0.2) is 8.42 Å². The van der Waals surface area contributed by atoms with Crippen LogP contribution in [0.25, 0.3) is 0 Å². The minimum absolute atomic E-state index is 0.000140. The average Bonchev–Trinajstić information content (AvgIpc) is 2.45. The third-order valence-electron chi connectivity index (χ3n) is 3.03. The van der Waals surface area contributed by atoms with Crippen molar-refractivity contribution in [2.75, 3.05) is 14.2 Å². The minimum atomic E-state index is -4.14. The highest BCUT2D eigenvalue weighted by atomic mass is 35.5. The highest BCUT2D eigenvalue weighted by Gasteiger charge is 2.29. The highest BCUT2D eigenvalue weighted by molar-refractivity contribution is 7.89. The molecule has 0 radical (unpaired) electrons. The molecule has 0 aromatic heterocycles. The fourth-order valence-corrected chi connectivity index (χ4v) is 3.65. The summed E-state index contributed by atoms with van der Waals surface area (Å²) in [5.41, 5.74) is 0. The lowest BCUT2D eigenvalue weighted by molar-refractivity contribution is -0.139. The van der Waals surface area contributed by atoms with E-state index in [1.165, 1.54) is 20.3 Å². The number of hydrogen-bond donors (Lipinski definition) is 2. The van der Waals surface area contributed by atoms with Crippen LogP contribution < -0.4 is 14.2 Å². The second-order valence-corrected chi connectivity index (χ2v) is 7.37. The fraction of sp³-hybridized carbons (Fsp3) is 0.500. The predicted octanol–water partition coefficient (Wildman–Crippen LogP) is 2.13.